The maximum atomic E-state index is 14.1. The first kappa shape index (κ1) is 23.5. The number of rotatable bonds is 5. The van der Waals surface area contributed by atoms with E-state index in [4.69, 9.17) is 4.74 Å². The lowest BCUT2D eigenvalue weighted by Gasteiger charge is -2.43. The van der Waals surface area contributed by atoms with Crippen LogP contribution in [0.15, 0.2) is 115 Å². The number of benzene rings is 4. The average Bonchev–Trinajstić information content (AvgIpc) is 3.51. The van der Waals surface area contributed by atoms with Crippen molar-refractivity contribution in [3.63, 3.8) is 0 Å². The van der Waals surface area contributed by atoms with Gasteiger partial charge < -0.3 is 4.74 Å². The second kappa shape index (κ2) is 9.29. The number of aromatic nitrogens is 2. The molecule has 4 aromatic carbocycles. The number of hydrogen-bond donors (Lipinski definition) is 0. The quantitative estimate of drug-likeness (QED) is 0.258. The van der Waals surface area contributed by atoms with Crippen LogP contribution < -0.4 is 0 Å². The van der Waals surface area contributed by atoms with Gasteiger partial charge in [-0.3, -0.25) is 4.90 Å². The van der Waals surface area contributed by atoms with Crippen molar-refractivity contribution in [2.45, 2.75) is 31.7 Å². The van der Waals surface area contributed by atoms with Crippen molar-refractivity contribution in [1.29, 1.82) is 0 Å². The molecule has 0 spiro atoms. The van der Waals surface area contributed by atoms with Crippen molar-refractivity contribution in [1.82, 2.24) is 15.1 Å². The van der Waals surface area contributed by atoms with Crippen LogP contribution in [-0.4, -0.2) is 21.1 Å². The summed E-state index contributed by atoms with van der Waals surface area (Å²) in [4.78, 5) is 16.4. The van der Waals surface area contributed by atoms with Crippen LogP contribution >= 0.6 is 0 Å². The van der Waals surface area contributed by atoms with Gasteiger partial charge in [-0.1, -0.05) is 109 Å². The van der Waals surface area contributed by atoms with E-state index in [2.05, 4.69) is 87.9 Å². The predicted molar refractivity (Wildman–Crippen MR) is 149 cm³/mol. The van der Waals surface area contributed by atoms with Gasteiger partial charge in [0.15, 0.2) is 0 Å². The number of esters is 1. The van der Waals surface area contributed by atoms with Gasteiger partial charge in [-0.25, -0.2) is 4.79 Å². The molecular weight excluding hydrogens is 482 g/mol. The van der Waals surface area contributed by atoms with Crippen LogP contribution in [0.2, 0.25) is 0 Å². The van der Waals surface area contributed by atoms with Crippen molar-refractivity contribution in [2.75, 3.05) is 0 Å². The van der Waals surface area contributed by atoms with E-state index in [9.17, 15) is 4.79 Å². The van der Waals surface area contributed by atoms with Crippen molar-refractivity contribution in [3.05, 3.63) is 154 Å². The highest BCUT2D eigenvalue weighted by Crippen LogP contribution is 2.58. The Kier molecular flexibility index (Phi) is 5.60. The molecule has 7 rings (SSSR count). The van der Waals surface area contributed by atoms with Gasteiger partial charge in [0, 0.05) is 12.1 Å². The lowest BCUT2D eigenvalue weighted by atomic mass is 9.78. The van der Waals surface area contributed by atoms with Gasteiger partial charge in [0.25, 0.3) is 0 Å². The second-order valence-electron chi connectivity index (χ2n) is 10.2. The Morgan fingerprint density at radius 1 is 0.821 bits per heavy atom. The zero-order chi connectivity index (χ0) is 26.4. The van der Waals surface area contributed by atoms with Crippen LogP contribution in [-0.2, 0) is 28.2 Å². The van der Waals surface area contributed by atoms with Crippen LogP contribution in [0.3, 0.4) is 0 Å². The van der Waals surface area contributed by atoms with Gasteiger partial charge in [0.05, 0.1) is 16.9 Å². The van der Waals surface area contributed by atoms with Crippen molar-refractivity contribution >= 4 is 5.97 Å². The second-order valence-corrected chi connectivity index (χ2v) is 10.2. The molecule has 2 aliphatic rings. The fourth-order valence-corrected chi connectivity index (χ4v) is 6.37. The largest absolute Gasteiger partial charge is 0.459 e. The van der Waals surface area contributed by atoms with Gasteiger partial charge in [0.2, 0.25) is 0 Å². The van der Waals surface area contributed by atoms with Gasteiger partial charge >= 0.3 is 5.97 Å². The maximum absolute atomic E-state index is 14.1. The highest BCUT2D eigenvalue weighted by atomic mass is 16.5. The third-order valence-electron chi connectivity index (χ3n) is 7.95. The topological polar surface area (TPSA) is 55.3 Å². The van der Waals surface area contributed by atoms with Crippen LogP contribution in [0.5, 0.6) is 0 Å². The standard InChI is InChI=1S/C34H27N3O2/c1-23-20-28-31(36-35-23)21-37(32(28)33(38)39-22-24-12-4-2-5-13-24)34(25-14-6-3-7-15-25)29-18-10-8-16-26(29)27-17-9-11-19-30(27)34/h2-20,32H,21-22H2,1H3/t32-/m0/s1. The van der Waals surface area contributed by atoms with E-state index >= 15 is 0 Å². The van der Waals surface area contributed by atoms with Crippen LogP contribution in [0.25, 0.3) is 11.1 Å². The number of fused-ring (bicyclic) bond motifs is 4. The maximum Gasteiger partial charge on any atom is 0.328 e. The number of nitrogens with zero attached hydrogens (tertiary/aromatic N) is 3. The Hall–Kier alpha value is -4.61. The molecule has 1 aromatic heterocycles. The number of ether oxygens (including phenoxy) is 1. The Bertz CT molecular complexity index is 1640. The molecule has 2 heterocycles. The lowest BCUT2D eigenvalue weighted by molar-refractivity contribution is -0.153. The molecule has 1 atom stereocenters. The van der Waals surface area contributed by atoms with E-state index in [1.807, 2.05) is 49.4 Å². The SMILES string of the molecule is Cc1cc2c(nn1)CN(C1(c3ccccc3)c3ccccc3-c3ccccc31)[C@@H]2C(=O)OCc1ccccc1. The average molecular weight is 510 g/mol. The molecule has 0 saturated heterocycles. The smallest absolute Gasteiger partial charge is 0.328 e. The molecule has 0 amide bonds. The van der Waals surface area contributed by atoms with E-state index in [0.717, 1.165) is 39.2 Å². The van der Waals surface area contributed by atoms with Crippen LogP contribution in [0.1, 0.15) is 45.2 Å². The number of aryl methyl sites for hydroxylation is 1. The Morgan fingerprint density at radius 2 is 1.41 bits per heavy atom. The van der Waals surface area contributed by atoms with Crippen LogP contribution in [0.4, 0.5) is 0 Å². The highest BCUT2D eigenvalue weighted by Gasteiger charge is 2.55. The molecule has 0 radical (unpaired) electrons. The van der Waals surface area contributed by atoms with Crippen molar-refractivity contribution in [3.8, 4) is 11.1 Å². The summed E-state index contributed by atoms with van der Waals surface area (Å²) in [5.41, 5.74) is 8.41. The molecule has 0 unspecified atom stereocenters. The van der Waals surface area contributed by atoms with Crippen molar-refractivity contribution in [2.24, 2.45) is 0 Å². The number of carbonyl (C=O) groups excluding carboxylic acids is 1. The highest BCUT2D eigenvalue weighted by molar-refractivity contribution is 5.85. The normalized spacial score (nSPS) is 16.8. The van der Waals surface area contributed by atoms with E-state index < -0.39 is 11.6 Å². The van der Waals surface area contributed by atoms with E-state index in [0.29, 0.717) is 6.54 Å². The first-order valence-electron chi connectivity index (χ1n) is 13.2. The Balaban J connectivity index is 1.45. The molecule has 5 aromatic rings. The zero-order valence-corrected chi connectivity index (χ0v) is 21.6. The summed E-state index contributed by atoms with van der Waals surface area (Å²) in [5, 5.41) is 8.92. The monoisotopic (exact) mass is 509 g/mol. The summed E-state index contributed by atoms with van der Waals surface area (Å²) in [6.07, 6.45) is 0. The fourth-order valence-electron chi connectivity index (χ4n) is 6.37. The third-order valence-corrected chi connectivity index (χ3v) is 7.95. The molecule has 0 saturated carbocycles. The minimum atomic E-state index is -0.723. The Labute approximate surface area is 227 Å². The first-order chi connectivity index (χ1) is 19.2. The summed E-state index contributed by atoms with van der Waals surface area (Å²) >= 11 is 0. The number of hydrogen-bond acceptors (Lipinski definition) is 5. The van der Waals surface area contributed by atoms with Crippen molar-refractivity contribution < 1.29 is 9.53 Å². The summed E-state index contributed by atoms with van der Waals surface area (Å²) in [6.45, 7) is 2.59. The molecule has 39 heavy (non-hydrogen) atoms. The minimum absolute atomic E-state index is 0.211. The van der Waals surface area contributed by atoms with E-state index in [1.165, 1.54) is 11.1 Å². The summed E-state index contributed by atoms with van der Waals surface area (Å²) < 4.78 is 6.03. The molecule has 5 heteroatoms. The molecule has 0 fully saturated rings. The van der Waals surface area contributed by atoms with Gasteiger partial charge in [-0.05, 0) is 46.4 Å². The minimum Gasteiger partial charge on any atom is -0.459 e. The third kappa shape index (κ3) is 3.62. The molecule has 0 bridgehead atoms. The van der Waals surface area contributed by atoms with Gasteiger partial charge in [0.1, 0.15) is 12.6 Å². The fraction of sp³-hybridized carbons (Fsp3) is 0.147. The molecule has 190 valence electrons. The number of carbonyl (C=O) groups is 1. The van der Waals surface area contributed by atoms with Crippen LogP contribution in [0, 0.1) is 6.92 Å². The zero-order valence-electron chi connectivity index (χ0n) is 21.6. The van der Waals surface area contributed by atoms with Gasteiger partial charge in [-0.15, -0.1) is 0 Å². The lowest BCUT2D eigenvalue weighted by Crippen LogP contribution is -2.48. The molecule has 0 N–H and O–H groups in total. The first-order valence-corrected chi connectivity index (χ1v) is 13.2. The summed E-state index contributed by atoms with van der Waals surface area (Å²) in [5.74, 6) is -0.290. The van der Waals surface area contributed by atoms with Gasteiger partial charge in [-0.2, -0.15) is 10.2 Å². The summed E-state index contributed by atoms with van der Waals surface area (Å²) in [6, 6.07) is 38.7. The molecule has 5 nitrogen and oxygen atoms in total. The predicted octanol–water partition coefficient (Wildman–Crippen LogP) is 6.36. The Morgan fingerprint density at radius 3 is 2.08 bits per heavy atom. The molecule has 1 aliphatic heterocycles. The van der Waals surface area contributed by atoms with E-state index in [1.54, 1.807) is 0 Å². The molecular formula is C34H27N3O2. The summed E-state index contributed by atoms with van der Waals surface area (Å²) in [7, 11) is 0. The molecule has 1 aliphatic carbocycles. The van der Waals surface area contributed by atoms with E-state index in [-0.39, 0.29) is 12.6 Å².